The molecular weight excluding hydrogens is 378 g/mol. The zero-order chi connectivity index (χ0) is 21.5. The highest BCUT2D eigenvalue weighted by atomic mass is 16.5. The molecule has 2 aromatic carbocycles. The van der Waals surface area contributed by atoms with Crippen LogP contribution in [0.1, 0.15) is 23.2 Å². The number of methoxy groups -OCH3 is 1. The lowest BCUT2D eigenvalue weighted by Crippen LogP contribution is -2.22. The van der Waals surface area contributed by atoms with Crippen molar-refractivity contribution in [2.45, 2.75) is 19.8 Å². The van der Waals surface area contributed by atoms with Crippen molar-refractivity contribution >= 4 is 17.5 Å². The fraction of sp³-hybridized carbons (Fsp3) is 0.227. The molecule has 0 aliphatic rings. The van der Waals surface area contributed by atoms with Gasteiger partial charge in [0.2, 0.25) is 0 Å². The first-order valence-electron chi connectivity index (χ1n) is 9.57. The number of nitrogens with zero attached hydrogens (tertiary/aromatic N) is 4. The zero-order valence-electron chi connectivity index (χ0n) is 17.1. The normalized spacial score (nSPS) is 11.2. The first-order chi connectivity index (χ1) is 14.5. The van der Waals surface area contributed by atoms with E-state index in [1.807, 2.05) is 55.5 Å². The van der Waals surface area contributed by atoms with Crippen molar-refractivity contribution in [1.82, 2.24) is 9.78 Å². The van der Waals surface area contributed by atoms with Crippen molar-refractivity contribution in [1.29, 1.82) is 5.26 Å². The van der Waals surface area contributed by atoms with E-state index in [2.05, 4.69) is 21.5 Å². The molecule has 0 atom stereocenters. The van der Waals surface area contributed by atoms with Crippen LogP contribution in [0, 0.1) is 18.3 Å². The van der Waals surface area contributed by atoms with E-state index in [-0.39, 0.29) is 0 Å². The molecule has 3 aromatic rings. The van der Waals surface area contributed by atoms with Gasteiger partial charge < -0.3 is 21.5 Å². The summed E-state index contributed by atoms with van der Waals surface area (Å²) in [7, 11) is 1.62. The number of aromatic nitrogens is 2. The molecule has 0 bridgehead atoms. The molecule has 1 aromatic heterocycles. The quantitative estimate of drug-likeness (QED) is 0.316. The Labute approximate surface area is 175 Å². The molecule has 0 saturated heterocycles. The maximum atomic E-state index is 9.50. The molecule has 0 spiro atoms. The summed E-state index contributed by atoms with van der Waals surface area (Å²) in [6.45, 7) is 2.51. The summed E-state index contributed by atoms with van der Waals surface area (Å²) in [4.78, 5) is 4.33. The Bertz CT molecular complexity index is 1060. The molecule has 0 radical (unpaired) electrons. The smallest absolute Gasteiger partial charge is 0.193 e. The van der Waals surface area contributed by atoms with Crippen LogP contribution in [0.25, 0.3) is 5.69 Å². The van der Waals surface area contributed by atoms with Gasteiger partial charge in [-0.15, -0.1) is 0 Å². The van der Waals surface area contributed by atoms with E-state index in [0.717, 1.165) is 22.7 Å². The second kappa shape index (κ2) is 9.47. The Balaban J connectivity index is 1.61. The van der Waals surface area contributed by atoms with Crippen LogP contribution in [0.15, 0.2) is 53.5 Å². The molecule has 0 saturated carbocycles. The molecule has 0 unspecified atom stereocenters. The highest BCUT2D eigenvalue weighted by Gasteiger charge is 2.16. The van der Waals surface area contributed by atoms with E-state index in [9.17, 15) is 5.26 Å². The molecule has 0 aliphatic heterocycles. The van der Waals surface area contributed by atoms with Gasteiger partial charge in [-0.1, -0.05) is 17.7 Å². The average Bonchev–Trinajstić information content (AvgIpc) is 3.07. The predicted octanol–water partition coefficient (Wildman–Crippen LogP) is 3.00. The third kappa shape index (κ3) is 4.89. The summed E-state index contributed by atoms with van der Waals surface area (Å²) < 4.78 is 6.74. The second-order valence-corrected chi connectivity index (χ2v) is 6.79. The number of anilines is 2. The van der Waals surface area contributed by atoms with Crippen molar-refractivity contribution in [2.24, 2.45) is 10.7 Å². The van der Waals surface area contributed by atoms with Crippen LogP contribution in [-0.4, -0.2) is 29.4 Å². The van der Waals surface area contributed by atoms with Crippen LogP contribution in [0.3, 0.4) is 0 Å². The van der Waals surface area contributed by atoms with Gasteiger partial charge in [-0.05, 0) is 56.2 Å². The number of guanidine groups is 1. The number of hydrogen-bond acceptors (Lipinski definition) is 5. The van der Waals surface area contributed by atoms with Gasteiger partial charge in [-0.3, -0.25) is 4.99 Å². The molecule has 1 heterocycles. The SMILES string of the molecule is COc1ccc(NC(N)=NCCCc2nn(-c3ccc(C)cc3)c(N)c2C#N)cc1. The van der Waals surface area contributed by atoms with Crippen LogP contribution in [0.4, 0.5) is 11.5 Å². The molecule has 0 aliphatic carbocycles. The lowest BCUT2D eigenvalue weighted by molar-refractivity contribution is 0.415. The van der Waals surface area contributed by atoms with Gasteiger partial charge >= 0.3 is 0 Å². The first kappa shape index (κ1) is 20.7. The van der Waals surface area contributed by atoms with Crippen molar-refractivity contribution in [3.05, 3.63) is 65.4 Å². The summed E-state index contributed by atoms with van der Waals surface area (Å²) >= 11 is 0. The number of ether oxygens (including phenoxy) is 1. The maximum Gasteiger partial charge on any atom is 0.193 e. The van der Waals surface area contributed by atoms with Gasteiger partial charge in [0.1, 0.15) is 23.2 Å². The Morgan fingerprint density at radius 3 is 2.53 bits per heavy atom. The van der Waals surface area contributed by atoms with Gasteiger partial charge in [0, 0.05) is 12.2 Å². The van der Waals surface area contributed by atoms with Crippen LogP contribution >= 0.6 is 0 Å². The van der Waals surface area contributed by atoms with Gasteiger partial charge in [-0.2, -0.15) is 10.4 Å². The van der Waals surface area contributed by atoms with Crippen LogP contribution in [0.5, 0.6) is 5.75 Å². The molecule has 0 fully saturated rings. The van der Waals surface area contributed by atoms with Gasteiger partial charge in [0.15, 0.2) is 5.96 Å². The molecular formula is C22H25N7O. The number of nitrogens with two attached hydrogens (primary N) is 2. The third-order valence-corrected chi connectivity index (χ3v) is 4.60. The number of aryl methyl sites for hydroxylation is 2. The van der Waals surface area contributed by atoms with Crippen molar-refractivity contribution in [3.63, 3.8) is 0 Å². The predicted molar refractivity (Wildman–Crippen MR) is 119 cm³/mol. The fourth-order valence-corrected chi connectivity index (χ4v) is 2.97. The number of nitrogens with one attached hydrogen (secondary N) is 1. The summed E-state index contributed by atoms with van der Waals surface area (Å²) in [5.74, 6) is 1.44. The summed E-state index contributed by atoms with van der Waals surface area (Å²) in [6, 6.07) is 17.4. The lowest BCUT2D eigenvalue weighted by atomic mass is 10.1. The average molecular weight is 403 g/mol. The number of benzene rings is 2. The van der Waals surface area contributed by atoms with Crippen molar-refractivity contribution in [3.8, 4) is 17.5 Å². The van der Waals surface area contributed by atoms with Crippen LogP contribution < -0.4 is 21.5 Å². The summed E-state index contributed by atoms with van der Waals surface area (Å²) in [5.41, 5.74) is 16.0. The van der Waals surface area contributed by atoms with E-state index in [1.54, 1.807) is 11.8 Å². The largest absolute Gasteiger partial charge is 0.497 e. The number of nitrogen functional groups attached to an aromatic ring is 1. The molecule has 30 heavy (non-hydrogen) atoms. The van der Waals surface area contributed by atoms with E-state index in [1.165, 1.54) is 0 Å². The standard InChI is InChI=1S/C22H25N7O/c1-15-5-9-17(10-6-15)29-21(24)19(14-23)20(28-29)4-3-13-26-22(25)27-16-7-11-18(30-2)12-8-16/h5-12H,3-4,13,24H2,1-2H3,(H3,25,26,27). The highest BCUT2D eigenvalue weighted by Crippen LogP contribution is 2.22. The monoisotopic (exact) mass is 403 g/mol. The maximum absolute atomic E-state index is 9.50. The van der Waals surface area contributed by atoms with Gasteiger partial charge in [0.25, 0.3) is 0 Å². The van der Waals surface area contributed by atoms with Gasteiger partial charge in [-0.25, -0.2) is 4.68 Å². The van der Waals surface area contributed by atoms with Crippen LogP contribution in [-0.2, 0) is 6.42 Å². The minimum absolute atomic E-state index is 0.324. The topological polar surface area (TPSA) is 127 Å². The number of aliphatic imine (C=N–C) groups is 1. The molecule has 8 heteroatoms. The second-order valence-electron chi connectivity index (χ2n) is 6.79. The number of nitriles is 1. The molecule has 3 rings (SSSR count). The number of hydrogen-bond donors (Lipinski definition) is 3. The highest BCUT2D eigenvalue weighted by molar-refractivity contribution is 5.92. The Morgan fingerprint density at radius 1 is 1.20 bits per heavy atom. The molecule has 154 valence electrons. The first-order valence-corrected chi connectivity index (χ1v) is 9.57. The van der Waals surface area contributed by atoms with Crippen molar-refractivity contribution in [2.75, 3.05) is 24.7 Å². The molecule has 0 amide bonds. The van der Waals surface area contributed by atoms with Gasteiger partial charge in [0.05, 0.1) is 18.5 Å². The third-order valence-electron chi connectivity index (χ3n) is 4.60. The minimum Gasteiger partial charge on any atom is -0.497 e. The zero-order valence-corrected chi connectivity index (χ0v) is 17.1. The van der Waals surface area contributed by atoms with E-state index >= 15 is 0 Å². The van der Waals surface area contributed by atoms with Crippen molar-refractivity contribution < 1.29 is 4.74 Å². The lowest BCUT2D eigenvalue weighted by Gasteiger charge is -2.06. The van der Waals surface area contributed by atoms with Crippen LogP contribution in [0.2, 0.25) is 0 Å². The fourth-order valence-electron chi connectivity index (χ4n) is 2.97. The Kier molecular flexibility index (Phi) is 6.55. The Morgan fingerprint density at radius 2 is 1.90 bits per heavy atom. The van der Waals surface area contributed by atoms with E-state index in [4.69, 9.17) is 16.2 Å². The summed E-state index contributed by atoms with van der Waals surface area (Å²) in [6.07, 6.45) is 1.26. The number of rotatable bonds is 7. The van der Waals surface area contributed by atoms with E-state index in [0.29, 0.717) is 42.4 Å². The molecule has 5 N–H and O–H groups in total. The summed E-state index contributed by atoms with van der Waals surface area (Å²) in [5, 5.41) is 17.1. The minimum atomic E-state index is 0.324. The Hall–Kier alpha value is -3.99. The molecule has 8 nitrogen and oxygen atoms in total. The van der Waals surface area contributed by atoms with E-state index < -0.39 is 0 Å².